The van der Waals surface area contributed by atoms with E-state index in [-0.39, 0.29) is 11.5 Å². The Bertz CT molecular complexity index is 986. The van der Waals surface area contributed by atoms with Gasteiger partial charge >= 0.3 is 0 Å². The molecule has 29 heavy (non-hydrogen) atoms. The molecule has 0 bridgehead atoms. The average Bonchev–Trinajstić information content (AvgIpc) is 3.24. The van der Waals surface area contributed by atoms with Crippen molar-refractivity contribution >= 4 is 17.2 Å². The largest absolute Gasteiger partial charge is 0.378 e. The van der Waals surface area contributed by atoms with Gasteiger partial charge in [0.25, 0.3) is 5.91 Å². The number of amides is 1. The molecule has 1 N–H and O–H groups in total. The third-order valence-corrected chi connectivity index (χ3v) is 5.34. The molecule has 0 saturated carbocycles. The van der Waals surface area contributed by atoms with E-state index in [0.29, 0.717) is 26.3 Å². The summed E-state index contributed by atoms with van der Waals surface area (Å²) in [5.74, 6) is -0.810. The van der Waals surface area contributed by atoms with E-state index in [1.807, 2.05) is 24.5 Å². The second-order valence-electron chi connectivity index (χ2n) is 7.13. The highest BCUT2D eigenvalue weighted by molar-refractivity contribution is 5.97. The van der Waals surface area contributed by atoms with Gasteiger partial charge in [0.05, 0.1) is 30.2 Å². The van der Waals surface area contributed by atoms with Crippen molar-refractivity contribution in [3.63, 3.8) is 0 Å². The highest BCUT2D eigenvalue weighted by Crippen LogP contribution is 2.36. The van der Waals surface area contributed by atoms with E-state index >= 15 is 0 Å². The number of H-pyrrole nitrogens is 1. The predicted molar refractivity (Wildman–Crippen MR) is 112 cm³/mol. The van der Waals surface area contributed by atoms with Crippen molar-refractivity contribution in [3.05, 3.63) is 84.1 Å². The standard InChI is InChI=1S/C23H24FN3O2/c1-3-4-9-27-15-20(18-7-8-25-22(18)16(27)2)17-5-6-21(24)19(14-17)23(28)26-10-12-29-13-11-26/h3,5-8,14-15,25H,1-2,4,9-13H2. The maximum absolute atomic E-state index is 14.5. The van der Waals surface area contributed by atoms with Crippen LogP contribution < -0.4 is 0 Å². The molecule has 5 nitrogen and oxygen atoms in total. The second kappa shape index (κ2) is 8.09. The molecule has 1 saturated heterocycles. The summed E-state index contributed by atoms with van der Waals surface area (Å²) in [7, 11) is 0. The van der Waals surface area contributed by atoms with E-state index in [0.717, 1.165) is 41.1 Å². The number of nitrogens with zero attached hydrogens (tertiary/aromatic N) is 2. The van der Waals surface area contributed by atoms with Gasteiger partial charge in [-0.3, -0.25) is 4.79 Å². The topological polar surface area (TPSA) is 48.6 Å². The van der Waals surface area contributed by atoms with E-state index in [1.165, 1.54) is 6.07 Å². The Kier molecular flexibility index (Phi) is 5.36. The quantitative estimate of drug-likeness (QED) is 0.785. The summed E-state index contributed by atoms with van der Waals surface area (Å²) in [5, 5.41) is 0. The molecule has 150 valence electrons. The van der Waals surface area contributed by atoms with Gasteiger partial charge in [-0.05, 0) is 30.2 Å². The molecule has 1 amide bonds. The summed E-state index contributed by atoms with van der Waals surface area (Å²) in [5.41, 5.74) is 4.60. The van der Waals surface area contributed by atoms with Gasteiger partial charge in [0.15, 0.2) is 0 Å². The van der Waals surface area contributed by atoms with Crippen LogP contribution in [0.1, 0.15) is 33.6 Å². The fourth-order valence-corrected chi connectivity index (χ4v) is 3.73. The first-order chi connectivity index (χ1) is 14.1. The Morgan fingerprint density at radius 1 is 1.28 bits per heavy atom. The molecule has 0 spiro atoms. The SMILES string of the molecule is C=CCCN1C=C(c2ccc(F)c(C(=O)N3CCOCC3)c2)c2cc[nH]c2C1=C. The van der Waals surface area contributed by atoms with Crippen LogP contribution in [0, 0.1) is 5.82 Å². The number of hydrogen-bond acceptors (Lipinski definition) is 3. The fraction of sp³-hybridized carbons (Fsp3) is 0.261. The van der Waals surface area contributed by atoms with Gasteiger partial charge in [-0.2, -0.15) is 0 Å². The number of carbonyl (C=O) groups excluding carboxylic acids is 1. The first-order valence-corrected chi connectivity index (χ1v) is 9.73. The molecule has 1 fully saturated rings. The lowest BCUT2D eigenvalue weighted by molar-refractivity contribution is 0.0300. The maximum atomic E-state index is 14.5. The summed E-state index contributed by atoms with van der Waals surface area (Å²) in [6.45, 7) is 10.6. The van der Waals surface area contributed by atoms with Crippen LogP contribution in [0.25, 0.3) is 11.3 Å². The van der Waals surface area contributed by atoms with Gasteiger partial charge in [0, 0.05) is 43.2 Å². The number of aromatic amines is 1. The summed E-state index contributed by atoms with van der Waals surface area (Å²) in [6, 6.07) is 6.71. The number of carbonyl (C=O) groups is 1. The van der Waals surface area contributed by atoms with Crippen molar-refractivity contribution in [1.82, 2.24) is 14.8 Å². The minimum atomic E-state index is -0.510. The van der Waals surface area contributed by atoms with Crippen molar-refractivity contribution in [3.8, 4) is 0 Å². The molecule has 2 aromatic rings. The summed E-state index contributed by atoms with van der Waals surface area (Å²) in [6.07, 6.45) is 6.55. The van der Waals surface area contributed by atoms with Crippen LogP contribution in [0.5, 0.6) is 0 Å². The molecule has 1 aromatic carbocycles. The molecular weight excluding hydrogens is 369 g/mol. The molecule has 0 unspecified atom stereocenters. The number of nitrogens with one attached hydrogen (secondary N) is 1. The average molecular weight is 393 g/mol. The molecule has 0 radical (unpaired) electrons. The Labute approximate surface area is 169 Å². The van der Waals surface area contributed by atoms with Gasteiger partial charge in [0.2, 0.25) is 0 Å². The Hall–Kier alpha value is -3.12. The minimum absolute atomic E-state index is 0.0874. The lowest BCUT2D eigenvalue weighted by Gasteiger charge is -2.29. The van der Waals surface area contributed by atoms with E-state index < -0.39 is 5.82 Å². The van der Waals surface area contributed by atoms with Crippen molar-refractivity contribution in [2.45, 2.75) is 6.42 Å². The van der Waals surface area contributed by atoms with E-state index in [9.17, 15) is 9.18 Å². The zero-order valence-corrected chi connectivity index (χ0v) is 16.3. The first kappa shape index (κ1) is 19.2. The van der Waals surface area contributed by atoms with Crippen LogP contribution in [0.3, 0.4) is 0 Å². The lowest BCUT2D eigenvalue weighted by Crippen LogP contribution is -2.41. The molecular formula is C23H24FN3O2. The summed E-state index contributed by atoms with van der Waals surface area (Å²) >= 11 is 0. The van der Waals surface area contributed by atoms with Gasteiger partial charge in [-0.1, -0.05) is 18.7 Å². The van der Waals surface area contributed by atoms with Crippen LogP contribution in [0.2, 0.25) is 0 Å². The fourth-order valence-electron chi connectivity index (χ4n) is 3.73. The zero-order chi connectivity index (χ0) is 20.4. The monoisotopic (exact) mass is 393 g/mol. The molecule has 4 rings (SSSR count). The van der Waals surface area contributed by atoms with Crippen LogP contribution in [0.4, 0.5) is 4.39 Å². The van der Waals surface area contributed by atoms with E-state index in [1.54, 1.807) is 17.0 Å². The maximum Gasteiger partial charge on any atom is 0.257 e. The normalized spacial score (nSPS) is 16.4. The minimum Gasteiger partial charge on any atom is -0.378 e. The van der Waals surface area contributed by atoms with E-state index in [2.05, 4.69) is 23.0 Å². The molecule has 2 aliphatic rings. The van der Waals surface area contributed by atoms with Crippen LogP contribution in [-0.2, 0) is 4.74 Å². The van der Waals surface area contributed by atoms with Crippen molar-refractivity contribution in [1.29, 1.82) is 0 Å². The number of hydrogen-bond donors (Lipinski definition) is 1. The molecule has 2 aliphatic heterocycles. The van der Waals surface area contributed by atoms with Crippen LogP contribution in [0.15, 0.2) is 55.9 Å². The van der Waals surface area contributed by atoms with Crippen LogP contribution in [-0.4, -0.2) is 53.5 Å². The smallest absolute Gasteiger partial charge is 0.257 e. The van der Waals surface area contributed by atoms with Gasteiger partial charge in [-0.25, -0.2) is 4.39 Å². The lowest BCUT2D eigenvalue weighted by atomic mass is 9.93. The molecule has 6 heteroatoms. The Morgan fingerprint density at radius 2 is 2.07 bits per heavy atom. The van der Waals surface area contributed by atoms with E-state index in [4.69, 9.17) is 4.74 Å². The van der Waals surface area contributed by atoms with Crippen LogP contribution >= 0.6 is 0 Å². The van der Waals surface area contributed by atoms with Gasteiger partial charge in [-0.15, -0.1) is 6.58 Å². The summed E-state index contributed by atoms with van der Waals surface area (Å²) in [4.78, 5) is 19.8. The number of fused-ring (bicyclic) bond motifs is 1. The molecule has 1 aromatic heterocycles. The second-order valence-corrected chi connectivity index (χ2v) is 7.13. The van der Waals surface area contributed by atoms with Gasteiger partial charge in [0.1, 0.15) is 5.82 Å². The number of morpholine rings is 1. The predicted octanol–water partition coefficient (Wildman–Crippen LogP) is 3.88. The Morgan fingerprint density at radius 3 is 2.83 bits per heavy atom. The van der Waals surface area contributed by atoms with Crippen molar-refractivity contribution in [2.24, 2.45) is 0 Å². The highest BCUT2D eigenvalue weighted by Gasteiger charge is 2.26. The summed E-state index contributed by atoms with van der Waals surface area (Å²) < 4.78 is 19.8. The first-order valence-electron chi connectivity index (χ1n) is 9.73. The number of rotatable bonds is 5. The molecule has 3 heterocycles. The molecule has 0 atom stereocenters. The number of ether oxygens (including phenoxy) is 1. The highest BCUT2D eigenvalue weighted by atomic mass is 19.1. The van der Waals surface area contributed by atoms with Crippen molar-refractivity contribution < 1.29 is 13.9 Å². The third-order valence-electron chi connectivity index (χ3n) is 5.34. The number of halogens is 1. The van der Waals surface area contributed by atoms with Gasteiger partial charge < -0.3 is 19.5 Å². The number of aromatic nitrogens is 1. The third kappa shape index (κ3) is 3.63. The zero-order valence-electron chi connectivity index (χ0n) is 16.3. The Balaban J connectivity index is 1.72. The number of benzene rings is 1. The van der Waals surface area contributed by atoms with Crippen molar-refractivity contribution in [2.75, 3.05) is 32.8 Å². The molecule has 0 aliphatic carbocycles.